The second-order valence-corrected chi connectivity index (χ2v) is 6.52. The molecule has 1 aliphatic rings. The van der Waals surface area contributed by atoms with E-state index >= 15 is 0 Å². The summed E-state index contributed by atoms with van der Waals surface area (Å²) in [4.78, 5) is 37.0. The summed E-state index contributed by atoms with van der Waals surface area (Å²) in [6.45, 7) is 3.97. The first-order chi connectivity index (χ1) is 13.6. The second kappa shape index (κ2) is 9.16. The summed E-state index contributed by atoms with van der Waals surface area (Å²) >= 11 is 0. The Morgan fingerprint density at radius 2 is 1.71 bits per heavy atom. The summed E-state index contributed by atoms with van der Waals surface area (Å²) in [5.41, 5.74) is 0.807. The quantitative estimate of drug-likeness (QED) is 0.694. The van der Waals surface area contributed by atoms with Crippen LogP contribution in [0.3, 0.4) is 0 Å². The summed E-state index contributed by atoms with van der Waals surface area (Å²) in [5.74, 6) is 0.772. The molecule has 1 unspecified atom stereocenters. The predicted molar refractivity (Wildman–Crippen MR) is 103 cm³/mol. The van der Waals surface area contributed by atoms with Crippen LogP contribution in [0.5, 0.6) is 5.75 Å². The Balaban J connectivity index is 1.47. The lowest BCUT2D eigenvalue weighted by molar-refractivity contribution is -0.158. The highest BCUT2D eigenvalue weighted by Crippen LogP contribution is 2.14. The van der Waals surface area contributed by atoms with Crippen molar-refractivity contribution >= 4 is 17.8 Å². The van der Waals surface area contributed by atoms with Gasteiger partial charge in [-0.3, -0.25) is 9.59 Å². The summed E-state index contributed by atoms with van der Waals surface area (Å²) in [6, 6.07) is 8.94. The second-order valence-electron chi connectivity index (χ2n) is 6.52. The molecule has 148 valence electrons. The molecule has 0 saturated carbocycles. The zero-order valence-electron chi connectivity index (χ0n) is 16.1. The number of hydrogen-bond donors (Lipinski definition) is 0. The first-order valence-electron chi connectivity index (χ1n) is 9.20. The van der Waals surface area contributed by atoms with Crippen LogP contribution in [0.1, 0.15) is 12.5 Å². The molecule has 0 N–H and O–H groups in total. The molecular formula is C20H24N4O4. The maximum absolute atomic E-state index is 12.6. The van der Waals surface area contributed by atoms with E-state index in [1.807, 2.05) is 4.90 Å². The number of piperazine rings is 1. The highest BCUT2D eigenvalue weighted by molar-refractivity contribution is 5.84. The third-order valence-electron chi connectivity index (χ3n) is 4.59. The number of anilines is 1. The van der Waals surface area contributed by atoms with Gasteiger partial charge in [-0.1, -0.05) is 12.1 Å². The van der Waals surface area contributed by atoms with E-state index in [0.717, 1.165) is 11.3 Å². The van der Waals surface area contributed by atoms with Crippen molar-refractivity contribution < 1.29 is 19.1 Å². The average Bonchev–Trinajstić information content (AvgIpc) is 2.74. The number of methoxy groups -OCH3 is 1. The first-order valence-corrected chi connectivity index (χ1v) is 9.20. The Morgan fingerprint density at radius 3 is 2.32 bits per heavy atom. The molecule has 1 atom stereocenters. The molecule has 2 aromatic rings. The van der Waals surface area contributed by atoms with Crippen molar-refractivity contribution in [1.29, 1.82) is 0 Å². The fraction of sp³-hybridized carbons (Fsp3) is 0.400. The highest BCUT2D eigenvalue weighted by atomic mass is 16.5. The van der Waals surface area contributed by atoms with Gasteiger partial charge in [0, 0.05) is 38.6 Å². The van der Waals surface area contributed by atoms with Crippen molar-refractivity contribution in [1.82, 2.24) is 14.9 Å². The number of hydrogen-bond acceptors (Lipinski definition) is 7. The standard InChI is InChI=1S/C20H24N4O4/c1-15(28-18(25)14-16-4-6-17(27-2)7-5-16)19(26)23-10-12-24(13-11-23)20-21-8-3-9-22-20/h3-9,15H,10-14H2,1-2H3. The smallest absolute Gasteiger partial charge is 0.311 e. The third-order valence-corrected chi connectivity index (χ3v) is 4.59. The monoisotopic (exact) mass is 384 g/mol. The molecule has 1 aromatic carbocycles. The number of benzene rings is 1. The van der Waals surface area contributed by atoms with E-state index in [0.29, 0.717) is 32.1 Å². The number of amides is 1. The van der Waals surface area contributed by atoms with Crippen LogP contribution in [0.4, 0.5) is 5.95 Å². The van der Waals surface area contributed by atoms with E-state index in [4.69, 9.17) is 9.47 Å². The van der Waals surface area contributed by atoms with Crippen molar-refractivity contribution in [3.05, 3.63) is 48.3 Å². The van der Waals surface area contributed by atoms with E-state index in [-0.39, 0.29) is 12.3 Å². The lowest BCUT2D eigenvalue weighted by atomic mass is 10.1. The Kier molecular flexibility index (Phi) is 6.41. The number of nitrogens with zero attached hydrogens (tertiary/aromatic N) is 4. The van der Waals surface area contributed by atoms with E-state index in [9.17, 15) is 9.59 Å². The molecule has 0 radical (unpaired) electrons. The van der Waals surface area contributed by atoms with Crippen LogP contribution >= 0.6 is 0 Å². The molecule has 3 rings (SSSR count). The fourth-order valence-electron chi connectivity index (χ4n) is 3.04. The molecule has 28 heavy (non-hydrogen) atoms. The van der Waals surface area contributed by atoms with Crippen LogP contribution in [0, 0.1) is 0 Å². The number of ether oxygens (including phenoxy) is 2. The summed E-state index contributed by atoms with van der Waals surface area (Å²) in [5, 5.41) is 0. The van der Waals surface area contributed by atoms with Gasteiger partial charge in [-0.25, -0.2) is 9.97 Å². The van der Waals surface area contributed by atoms with Gasteiger partial charge < -0.3 is 19.3 Å². The molecule has 0 spiro atoms. The van der Waals surface area contributed by atoms with Crippen LogP contribution < -0.4 is 9.64 Å². The molecule has 8 nitrogen and oxygen atoms in total. The third kappa shape index (κ3) is 4.97. The fourth-order valence-corrected chi connectivity index (χ4v) is 3.04. The number of carbonyl (C=O) groups is 2. The van der Waals surface area contributed by atoms with Crippen LogP contribution in [-0.4, -0.2) is 66.1 Å². The number of rotatable bonds is 6. The molecule has 8 heteroatoms. The van der Waals surface area contributed by atoms with Gasteiger partial charge >= 0.3 is 5.97 Å². The SMILES string of the molecule is COc1ccc(CC(=O)OC(C)C(=O)N2CCN(c3ncccn3)CC2)cc1. The molecule has 1 fully saturated rings. The highest BCUT2D eigenvalue weighted by Gasteiger charge is 2.27. The van der Waals surface area contributed by atoms with Crippen LogP contribution in [0.25, 0.3) is 0 Å². The topological polar surface area (TPSA) is 84.9 Å². The number of carbonyl (C=O) groups excluding carboxylic acids is 2. The molecule has 0 bridgehead atoms. The van der Waals surface area contributed by atoms with Gasteiger partial charge in [0.25, 0.3) is 5.91 Å². The Hall–Kier alpha value is -3.16. The molecule has 0 aliphatic carbocycles. The minimum Gasteiger partial charge on any atom is -0.497 e. The Bertz CT molecular complexity index is 790. The predicted octanol–water partition coefficient (Wildman–Crippen LogP) is 1.31. The maximum Gasteiger partial charge on any atom is 0.311 e. The number of aromatic nitrogens is 2. The zero-order chi connectivity index (χ0) is 19.9. The van der Waals surface area contributed by atoms with Crippen molar-refractivity contribution in [3.63, 3.8) is 0 Å². The van der Waals surface area contributed by atoms with E-state index in [1.165, 1.54) is 0 Å². The lowest BCUT2D eigenvalue weighted by Gasteiger charge is -2.35. The van der Waals surface area contributed by atoms with Gasteiger partial charge in [0.1, 0.15) is 5.75 Å². The minimum absolute atomic E-state index is 0.112. The molecule has 2 heterocycles. The van der Waals surface area contributed by atoms with Gasteiger partial charge in [0.05, 0.1) is 13.5 Å². The largest absolute Gasteiger partial charge is 0.497 e. The number of esters is 1. The molecule has 1 amide bonds. The van der Waals surface area contributed by atoms with Gasteiger partial charge in [-0.15, -0.1) is 0 Å². The van der Waals surface area contributed by atoms with Crippen molar-refractivity contribution in [2.24, 2.45) is 0 Å². The van der Waals surface area contributed by atoms with E-state index in [1.54, 1.807) is 61.7 Å². The van der Waals surface area contributed by atoms with Crippen LogP contribution in [0.15, 0.2) is 42.7 Å². The van der Waals surface area contributed by atoms with E-state index < -0.39 is 12.1 Å². The van der Waals surface area contributed by atoms with Crippen molar-refractivity contribution in [2.75, 3.05) is 38.2 Å². The van der Waals surface area contributed by atoms with E-state index in [2.05, 4.69) is 9.97 Å². The Labute approximate surface area is 164 Å². The molecule has 1 saturated heterocycles. The summed E-state index contributed by atoms with van der Waals surface area (Å²) in [7, 11) is 1.59. The van der Waals surface area contributed by atoms with Gasteiger partial charge in [0.15, 0.2) is 6.10 Å². The minimum atomic E-state index is -0.815. The van der Waals surface area contributed by atoms with Crippen LogP contribution in [0.2, 0.25) is 0 Å². The zero-order valence-corrected chi connectivity index (χ0v) is 16.1. The molecular weight excluding hydrogens is 360 g/mol. The Morgan fingerprint density at radius 1 is 1.07 bits per heavy atom. The molecule has 1 aliphatic heterocycles. The normalized spacial score (nSPS) is 15.1. The maximum atomic E-state index is 12.6. The van der Waals surface area contributed by atoms with Crippen molar-refractivity contribution in [3.8, 4) is 5.75 Å². The van der Waals surface area contributed by atoms with Gasteiger partial charge in [-0.2, -0.15) is 0 Å². The lowest BCUT2D eigenvalue weighted by Crippen LogP contribution is -2.52. The van der Waals surface area contributed by atoms with Crippen molar-refractivity contribution in [2.45, 2.75) is 19.4 Å². The van der Waals surface area contributed by atoms with Gasteiger partial charge in [0.2, 0.25) is 5.95 Å². The summed E-state index contributed by atoms with van der Waals surface area (Å²) in [6.07, 6.45) is 2.69. The average molecular weight is 384 g/mol. The van der Waals surface area contributed by atoms with Gasteiger partial charge in [-0.05, 0) is 30.7 Å². The molecule has 1 aromatic heterocycles. The first kappa shape index (κ1) is 19.6. The van der Waals surface area contributed by atoms with Crippen LogP contribution in [-0.2, 0) is 20.7 Å². The summed E-state index contributed by atoms with van der Waals surface area (Å²) < 4.78 is 10.4.